The van der Waals surface area contributed by atoms with Crippen molar-refractivity contribution in [1.82, 2.24) is 9.97 Å². The molecule has 4 heteroatoms. The predicted molar refractivity (Wildman–Crippen MR) is 97.7 cm³/mol. The fourth-order valence-electron chi connectivity index (χ4n) is 3.40. The first kappa shape index (κ1) is 13.1. The second-order valence-corrected chi connectivity index (χ2v) is 5.91. The molecule has 0 spiro atoms. The molecule has 0 saturated carbocycles. The molecule has 0 saturated heterocycles. The topological polar surface area (TPSA) is 65.7 Å². The summed E-state index contributed by atoms with van der Waals surface area (Å²) in [5.41, 5.74) is 2.69. The highest BCUT2D eigenvalue weighted by molar-refractivity contribution is 6.09. The van der Waals surface area contributed by atoms with Crippen molar-refractivity contribution in [3.8, 4) is 0 Å². The van der Waals surface area contributed by atoms with Gasteiger partial charge in [0, 0.05) is 27.2 Å². The van der Waals surface area contributed by atoms with Crippen LogP contribution < -0.4 is 10.9 Å². The lowest BCUT2D eigenvalue weighted by Crippen LogP contribution is -2.09. The van der Waals surface area contributed by atoms with Crippen LogP contribution in [0.2, 0.25) is 0 Å². The van der Waals surface area contributed by atoms with Gasteiger partial charge in [-0.15, -0.1) is 0 Å². The molecule has 2 heterocycles. The van der Waals surface area contributed by atoms with E-state index in [2.05, 4.69) is 9.97 Å². The third kappa shape index (κ3) is 1.62. The van der Waals surface area contributed by atoms with Crippen molar-refractivity contribution in [2.45, 2.75) is 0 Å². The second-order valence-electron chi connectivity index (χ2n) is 5.91. The molecule has 4 nitrogen and oxygen atoms in total. The minimum atomic E-state index is -0.0733. The van der Waals surface area contributed by atoms with Gasteiger partial charge in [-0.05, 0) is 36.4 Å². The number of hydrogen-bond acceptors (Lipinski definition) is 2. The Morgan fingerprint density at radius 2 is 1.17 bits per heavy atom. The van der Waals surface area contributed by atoms with Gasteiger partial charge in [-0.3, -0.25) is 9.59 Å². The molecular weight excluding hydrogens is 300 g/mol. The number of benzene rings is 3. The van der Waals surface area contributed by atoms with E-state index in [1.165, 1.54) is 0 Å². The van der Waals surface area contributed by atoms with Crippen LogP contribution in [0.1, 0.15) is 0 Å². The summed E-state index contributed by atoms with van der Waals surface area (Å²) in [4.78, 5) is 32.3. The summed E-state index contributed by atoms with van der Waals surface area (Å²) in [5.74, 6) is 0. The van der Waals surface area contributed by atoms with Gasteiger partial charge in [-0.2, -0.15) is 0 Å². The molecule has 2 N–H and O–H groups in total. The van der Waals surface area contributed by atoms with E-state index in [1.54, 1.807) is 24.3 Å². The van der Waals surface area contributed by atoms with Gasteiger partial charge in [0.05, 0.1) is 16.4 Å². The molecule has 0 atom stereocenters. The van der Waals surface area contributed by atoms with Crippen LogP contribution in [0.5, 0.6) is 0 Å². The van der Waals surface area contributed by atoms with Crippen molar-refractivity contribution in [2.24, 2.45) is 0 Å². The average molecular weight is 312 g/mol. The van der Waals surface area contributed by atoms with E-state index in [-0.39, 0.29) is 10.9 Å². The molecule has 24 heavy (non-hydrogen) atoms. The average Bonchev–Trinajstić information content (AvgIpc) is 2.62. The smallest absolute Gasteiger partial charge is 0.199 e. The van der Waals surface area contributed by atoms with E-state index < -0.39 is 0 Å². The fourth-order valence-corrected chi connectivity index (χ4v) is 3.40. The zero-order valence-electron chi connectivity index (χ0n) is 12.6. The first-order valence-corrected chi connectivity index (χ1v) is 7.72. The molecule has 5 aromatic rings. The summed E-state index contributed by atoms with van der Waals surface area (Å²) in [6.07, 6.45) is 0. The summed E-state index contributed by atoms with van der Waals surface area (Å²) < 4.78 is 0. The highest BCUT2D eigenvalue weighted by Gasteiger charge is 2.12. The van der Waals surface area contributed by atoms with E-state index in [4.69, 9.17) is 0 Å². The van der Waals surface area contributed by atoms with Crippen molar-refractivity contribution in [3.63, 3.8) is 0 Å². The van der Waals surface area contributed by atoms with Crippen LogP contribution in [0.15, 0.2) is 70.3 Å². The first-order valence-electron chi connectivity index (χ1n) is 7.72. The standard InChI is InChI=1S/C20H12N2O2/c23-19-11-5-1-4-8-15(11)22-18-13(19)9-10-16-17(18)20(24)12-6-2-3-7-14(12)21-16/h1-10H,(H,21,24)(H,22,23). The molecule has 0 aliphatic rings. The van der Waals surface area contributed by atoms with E-state index >= 15 is 0 Å². The van der Waals surface area contributed by atoms with Gasteiger partial charge >= 0.3 is 0 Å². The number of para-hydroxylation sites is 2. The number of nitrogens with one attached hydrogen (secondary N) is 2. The molecule has 0 amide bonds. The highest BCUT2D eigenvalue weighted by Crippen LogP contribution is 2.22. The van der Waals surface area contributed by atoms with Gasteiger partial charge in [0.2, 0.25) is 0 Å². The maximum atomic E-state index is 13.0. The van der Waals surface area contributed by atoms with Crippen molar-refractivity contribution in [3.05, 3.63) is 81.1 Å². The number of pyridine rings is 2. The molecule has 2 aromatic heterocycles. The van der Waals surface area contributed by atoms with Gasteiger partial charge in [-0.1, -0.05) is 24.3 Å². The molecule has 0 bridgehead atoms. The van der Waals surface area contributed by atoms with Crippen molar-refractivity contribution >= 4 is 43.6 Å². The Kier molecular flexibility index (Phi) is 2.48. The molecule has 5 rings (SSSR count). The molecule has 0 aliphatic carbocycles. The van der Waals surface area contributed by atoms with Gasteiger partial charge < -0.3 is 9.97 Å². The Bertz CT molecular complexity index is 1390. The highest BCUT2D eigenvalue weighted by atomic mass is 16.1. The van der Waals surface area contributed by atoms with Gasteiger partial charge in [0.15, 0.2) is 10.9 Å². The maximum absolute atomic E-state index is 13.0. The molecule has 0 unspecified atom stereocenters. The Morgan fingerprint density at radius 1 is 0.542 bits per heavy atom. The summed E-state index contributed by atoms with van der Waals surface area (Å²) in [6.45, 7) is 0. The third-order valence-corrected chi connectivity index (χ3v) is 4.55. The zero-order chi connectivity index (χ0) is 16.3. The minimum absolute atomic E-state index is 0.0613. The van der Waals surface area contributed by atoms with Crippen LogP contribution in [0, 0.1) is 0 Å². The molecule has 0 aliphatic heterocycles. The van der Waals surface area contributed by atoms with Crippen molar-refractivity contribution in [1.29, 1.82) is 0 Å². The Morgan fingerprint density at radius 3 is 1.92 bits per heavy atom. The van der Waals surface area contributed by atoms with Crippen LogP contribution in [0.3, 0.4) is 0 Å². The number of H-pyrrole nitrogens is 2. The van der Waals surface area contributed by atoms with Crippen LogP contribution in [-0.4, -0.2) is 9.97 Å². The van der Waals surface area contributed by atoms with Gasteiger partial charge in [0.1, 0.15) is 0 Å². The van der Waals surface area contributed by atoms with Gasteiger partial charge in [0.25, 0.3) is 0 Å². The number of fused-ring (bicyclic) bond motifs is 5. The molecule has 0 fully saturated rings. The number of aromatic nitrogens is 2. The van der Waals surface area contributed by atoms with Crippen LogP contribution in [-0.2, 0) is 0 Å². The first-order chi connectivity index (χ1) is 11.7. The minimum Gasteiger partial charge on any atom is -0.354 e. The summed E-state index contributed by atoms with van der Waals surface area (Å²) >= 11 is 0. The monoisotopic (exact) mass is 312 g/mol. The normalized spacial score (nSPS) is 11.7. The third-order valence-electron chi connectivity index (χ3n) is 4.55. The largest absolute Gasteiger partial charge is 0.354 e. The number of rotatable bonds is 0. The van der Waals surface area contributed by atoms with E-state index in [0.717, 1.165) is 16.6 Å². The lowest BCUT2D eigenvalue weighted by atomic mass is 10.0. The second kappa shape index (κ2) is 4.55. The lowest BCUT2D eigenvalue weighted by Gasteiger charge is -2.07. The van der Waals surface area contributed by atoms with Gasteiger partial charge in [-0.25, -0.2) is 0 Å². The number of hydrogen-bond donors (Lipinski definition) is 2. The molecule has 114 valence electrons. The Hall–Kier alpha value is -3.40. The van der Waals surface area contributed by atoms with Crippen LogP contribution >= 0.6 is 0 Å². The van der Waals surface area contributed by atoms with Crippen molar-refractivity contribution < 1.29 is 0 Å². The summed E-state index contributed by atoms with van der Waals surface area (Å²) in [6, 6.07) is 18.3. The van der Waals surface area contributed by atoms with Crippen molar-refractivity contribution in [2.75, 3.05) is 0 Å². The molecular formula is C20H12N2O2. The van der Waals surface area contributed by atoms with E-state index in [9.17, 15) is 9.59 Å². The molecule has 0 radical (unpaired) electrons. The van der Waals surface area contributed by atoms with E-state index in [0.29, 0.717) is 27.1 Å². The van der Waals surface area contributed by atoms with Crippen LogP contribution in [0.4, 0.5) is 0 Å². The summed E-state index contributed by atoms with van der Waals surface area (Å²) in [7, 11) is 0. The van der Waals surface area contributed by atoms with Crippen LogP contribution in [0.25, 0.3) is 43.6 Å². The Labute approximate surface area is 135 Å². The SMILES string of the molecule is O=c1c2ccccc2[nH]c2c1ccc1[nH]c3ccccc3c(=O)c12. The Balaban J connectivity index is 2.13. The molecule has 3 aromatic carbocycles. The summed E-state index contributed by atoms with van der Waals surface area (Å²) in [5, 5.41) is 2.30. The zero-order valence-corrected chi connectivity index (χ0v) is 12.6. The maximum Gasteiger partial charge on any atom is 0.199 e. The predicted octanol–water partition coefficient (Wildman–Crippen LogP) is 3.68. The lowest BCUT2D eigenvalue weighted by molar-refractivity contribution is 1.45. The quantitative estimate of drug-likeness (QED) is 0.338. The van der Waals surface area contributed by atoms with E-state index in [1.807, 2.05) is 36.4 Å². The number of aromatic amines is 2. The fraction of sp³-hybridized carbons (Fsp3) is 0.